The quantitative estimate of drug-likeness (QED) is 0.547. The minimum atomic E-state index is -0.528. The summed E-state index contributed by atoms with van der Waals surface area (Å²) in [5, 5.41) is 10.7. The van der Waals surface area contributed by atoms with Crippen molar-refractivity contribution in [2.75, 3.05) is 13.2 Å². The van der Waals surface area contributed by atoms with Crippen LogP contribution >= 0.6 is 11.3 Å². The van der Waals surface area contributed by atoms with Gasteiger partial charge < -0.3 is 10.1 Å². The van der Waals surface area contributed by atoms with E-state index in [1.807, 2.05) is 48.7 Å². The zero-order valence-corrected chi connectivity index (χ0v) is 17.4. The highest BCUT2D eigenvalue weighted by Gasteiger charge is 2.39. The van der Waals surface area contributed by atoms with Gasteiger partial charge in [-0.1, -0.05) is 30.3 Å². The second kappa shape index (κ2) is 7.62. The van der Waals surface area contributed by atoms with E-state index < -0.39 is 5.54 Å². The number of benzene rings is 1. The summed E-state index contributed by atoms with van der Waals surface area (Å²) < 4.78 is 7.27. The van der Waals surface area contributed by atoms with Crippen LogP contribution in [0.3, 0.4) is 0 Å². The van der Waals surface area contributed by atoms with E-state index in [0.29, 0.717) is 37.3 Å². The third-order valence-electron chi connectivity index (χ3n) is 5.44. The molecule has 152 valence electrons. The summed E-state index contributed by atoms with van der Waals surface area (Å²) in [4.78, 5) is 22.5. The van der Waals surface area contributed by atoms with Crippen molar-refractivity contribution in [1.29, 1.82) is 0 Å². The van der Waals surface area contributed by atoms with E-state index in [9.17, 15) is 4.79 Å². The van der Waals surface area contributed by atoms with E-state index in [-0.39, 0.29) is 5.91 Å². The first-order chi connectivity index (χ1) is 14.7. The number of ether oxygens (including phenoxy) is 1. The molecule has 8 heteroatoms. The van der Waals surface area contributed by atoms with Gasteiger partial charge in [-0.05, 0) is 13.0 Å². The van der Waals surface area contributed by atoms with E-state index in [1.165, 1.54) is 0 Å². The van der Waals surface area contributed by atoms with Crippen LogP contribution in [0.1, 0.15) is 33.9 Å². The number of hydrogen-bond acceptors (Lipinski definition) is 6. The number of aromatic nitrogens is 4. The van der Waals surface area contributed by atoms with Crippen molar-refractivity contribution < 1.29 is 9.53 Å². The molecule has 4 aromatic rings. The minimum Gasteiger partial charge on any atom is -0.381 e. The molecule has 0 bridgehead atoms. The van der Waals surface area contributed by atoms with Crippen molar-refractivity contribution in [3.8, 4) is 11.3 Å². The Morgan fingerprint density at radius 2 is 2.00 bits per heavy atom. The standard InChI is InChI=1S/C22H21N5O2S/c1-15-14-30-21(25-15)22(8-11-29-12-9-22)26-20(28)17-13-24-27-18(7-10-23-19(17)27)16-5-3-2-4-6-16/h2-7,10,13-14H,8-9,11-12H2,1H3,(H,26,28). The van der Waals surface area contributed by atoms with Gasteiger partial charge in [-0.2, -0.15) is 5.10 Å². The molecule has 1 aromatic carbocycles. The molecule has 1 N–H and O–H groups in total. The van der Waals surface area contributed by atoms with Crippen LogP contribution in [0.25, 0.3) is 16.9 Å². The zero-order valence-electron chi connectivity index (χ0n) is 16.5. The van der Waals surface area contributed by atoms with E-state index >= 15 is 0 Å². The lowest BCUT2D eigenvalue weighted by Gasteiger charge is -2.36. The predicted molar refractivity (Wildman–Crippen MR) is 114 cm³/mol. The lowest BCUT2D eigenvalue weighted by atomic mass is 9.90. The number of amides is 1. The Morgan fingerprint density at radius 1 is 1.20 bits per heavy atom. The van der Waals surface area contributed by atoms with E-state index in [2.05, 4.69) is 20.4 Å². The molecule has 1 aliphatic rings. The van der Waals surface area contributed by atoms with Gasteiger partial charge in [-0.25, -0.2) is 14.5 Å². The SMILES string of the molecule is Cc1csc(C2(NC(=O)c3cnn4c(-c5ccccc5)ccnc34)CCOCC2)n1. The van der Waals surface area contributed by atoms with Crippen molar-refractivity contribution in [1.82, 2.24) is 24.9 Å². The lowest BCUT2D eigenvalue weighted by Crippen LogP contribution is -2.49. The van der Waals surface area contributed by atoms with Crippen molar-refractivity contribution >= 4 is 22.9 Å². The van der Waals surface area contributed by atoms with Crippen molar-refractivity contribution in [2.24, 2.45) is 0 Å². The fourth-order valence-corrected chi connectivity index (χ4v) is 4.86. The molecule has 1 fully saturated rings. The number of nitrogens with zero attached hydrogens (tertiary/aromatic N) is 4. The van der Waals surface area contributed by atoms with Gasteiger partial charge in [0.2, 0.25) is 0 Å². The van der Waals surface area contributed by atoms with Gasteiger partial charge in [-0.15, -0.1) is 11.3 Å². The van der Waals surface area contributed by atoms with Gasteiger partial charge in [0.1, 0.15) is 10.6 Å². The first-order valence-corrected chi connectivity index (χ1v) is 10.8. The molecule has 1 aliphatic heterocycles. The Bertz CT molecular complexity index is 1190. The molecule has 0 spiro atoms. The molecule has 1 amide bonds. The zero-order chi connectivity index (χ0) is 20.6. The van der Waals surface area contributed by atoms with Crippen LogP contribution in [0, 0.1) is 6.92 Å². The Labute approximate surface area is 177 Å². The number of fused-ring (bicyclic) bond motifs is 1. The number of nitrogens with one attached hydrogen (secondary N) is 1. The van der Waals surface area contributed by atoms with Gasteiger partial charge in [0, 0.05) is 48.9 Å². The molecule has 1 saturated heterocycles. The Balaban J connectivity index is 1.52. The summed E-state index contributed by atoms with van der Waals surface area (Å²) in [5.41, 5.74) is 3.31. The highest BCUT2D eigenvalue weighted by Crippen LogP contribution is 2.34. The number of rotatable bonds is 4. The molecule has 7 nitrogen and oxygen atoms in total. The molecule has 3 aromatic heterocycles. The summed E-state index contributed by atoms with van der Waals surface area (Å²) >= 11 is 1.58. The molecular weight excluding hydrogens is 398 g/mol. The monoisotopic (exact) mass is 419 g/mol. The van der Waals surface area contributed by atoms with Gasteiger partial charge in [-0.3, -0.25) is 4.79 Å². The van der Waals surface area contributed by atoms with Crippen LogP contribution in [-0.2, 0) is 10.3 Å². The van der Waals surface area contributed by atoms with Crippen LogP contribution in [0.4, 0.5) is 0 Å². The molecule has 5 rings (SSSR count). The van der Waals surface area contributed by atoms with Crippen molar-refractivity contribution in [3.05, 3.63) is 70.4 Å². The second-order valence-corrected chi connectivity index (χ2v) is 8.29. The maximum absolute atomic E-state index is 13.4. The molecule has 0 unspecified atom stereocenters. The predicted octanol–water partition coefficient (Wildman–Crippen LogP) is 3.60. The number of aryl methyl sites for hydroxylation is 1. The highest BCUT2D eigenvalue weighted by molar-refractivity contribution is 7.09. The first-order valence-electron chi connectivity index (χ1n) is 9.87. The Hall–Kier alpha value is -3.10. The third-order valence-corrected chi connectivity index (χ3v) is 6.61. The Morgan fingerprint density at radius 3 is 2.73 bits per heavy atom. The van der Waals surface area contributed by atoms with Gasteiger partial charge in [0.05, 0.1) is 17.4 Å². The number of carbonyl (C=O) groups excluding carboxylic acids is 1. The largest absolute Gasteiger partial charge is 0.381 e. The molecule has 0 saturated carbocycles. The van der Waals surface area contributed by atoms with Gasteiger partial charge in [0.25, 0.3) is 5.91 Å². The number of thiazole rings is 1. The molecule has 4 heterocycles. The molecule has 0 atom stereocenters. The first kappa shape index (κ1) is 18.9. The van der Waals surface area contributed by atoms with Gasteiger partial charge >= 0.3 is 0 Å². The summed E-state index contributed by atoms with van der Waals surface area (Å²) in [5.74, 6) is -0.197. The topological polar surface area (TPSA) is 81.4 Å². The average molecular weight is 420 g/mol. The summed E-state index contributed by atoms with van der Waals surface area (Å²) in [7, 11) is 0. The summed E-state index contributed by atoms with van der Waals surface area (Å²) in [6.45, 7) is 3.14. The van der Waals surface area contributed by atoms with Crippen LogP contribution in [0.15, 0.2) is 54.2 Å². The third kappa shape index (κ3) is 3.28. The van der Waals surface area contributed by atoms with Crippen LogP contribution < -0.4 is 5.32 Å². The van der Waals surface area contributed by atoms with Crippen LogP contribution in [0.5, 0.6) is 0 Å². The van der Waals surface area contributed by atoms with Crippen molar-refractivity contribution in [3.63, 3.8) is 0 Å². The van der Waals surface area contributed by atoms with E-state index in [4.69, 9.17) is 4.74 Å². The smallest absolute Gasteiger partial charge is 0.257 e. The molecule has 0 radical (unpaired) electrons. The maximum atomic E-state index is 13.4. The van der Waals surface area contributed by atoms with Crippen LogP contribution in [0.2, 0.25) is 0 Å². The van der Waals surface area contributed by atoms with E-state index in [0.717, 1.165) is 22.0 Å². The van der Waals surface area contributed by atoms with E-state index in [1.54, 1.807) is 28.2 Å². The highest BCUT2D eigenvalue weighted by atomic mass is 32.1. The normalized spacial score (nSPS) is 15.9. The average Bonchev–Trinajstić information content (AvgIpc) is 3.41. The Kier molecular flexibility index (Phi) is 4.80. The molecule has 30 heavy (non-hydrogen) atoms. The number of carbonyl (C=O) groups is 1. The second-order valence-electron chi connectivity index (χ2n) is 7.43. The minimum absolute atomic E-state index is 0.197. The van der Waals surface area contributed by atoms with Gasteiger partial charge in [0.15, 0.2) is 5.65 Å². The number of hydrogen-bond donors (Lipinski definition) is 1. The fraction of sp³-hybridized carbons (Fsp3) is 0.273. The lowest BCUT2D eigenvalue weighted by molar-refractivity contribution is 0.0344. The summed E-state index contributed by atoms with van der Waals surface area (Å²) in [6.07, 6.45) is 4.68. The maximum Gasteiger partial charge on any atom is 0.257 e. The summed E-state index contributed by atoms with van der Waals surface area (Å²) in [6, 6.07) is 11.8. The molecule has 0 aliphatic carbocycles. The van der Waals surface area contributed by atoms with Crippen LogP contribution in [-0.4, -0.2) is 38.7 Å². The van der Waals surface area contributed by atoms with Crippen molar-refractivity contribution in [2.45, 2.75) is 25.3 Å². The molecular formula is C22H21N5O2S. The fourth-order valence-electron chi connectivity index (χ4n) is 3.85.